The van der Waals surface area contributed by atoms with Crippen LogP contribution in [0.4, 0.5) is 0 Å². The first-order chi connectivity index (χ1) is 17.4. The van der Waals surface area contributed by atoms with Crippen LogP contribution in [0.1, 0.15) is 61.5 Å². The van der Waals surface area contributed by atoms with Gasteiger partial charge in [-0.3, -0.25) is 19.6 Å². The predicted octanol–water partition coefficient (Wildman–Crippen LogP) is 6.26. The van der Waals surface area contributed by atoms with Crippen LogP contribution in [0.25, 0.3) is 22.0 Å². The van der Waals surface area contributed by atoms with Gasteiger partial charge in [0.05, 0.1) is 17.8 Å². The van der Waals surface area contributed by atoms with E-state index in [-0.39, 0.29) is 22.0 Å². The number of benzene rings is 1. The molecule has 4 aliphatic carbocycles. The lowest BCUT2D eigenvalue weighted by Gasteiger charge is -2.73. The van der Waals surface area contributed by atoms with E-state index in [4.69, 9.17) is 4.98 Å². The van der Waals surface area contributed by atoms with Gasteiger partial charge in [0.1, 0.15) is 5.78 Å². The van der Waals surface area contributed by atoms with Gasteiger partial charge in [-0.05, 0) is 74.1 Å². The molecule has 2 bridgehead atoms. The van der Waals surface area contributed by atoms with Gasteiger partial charge in [-0.15, -0.1) is 0 Å². The Labute approximate surface area is 210 Å². The van der Waals surface area contributed by atoms with E-state index in [2.05, 4.69) is 33.9 Å². The fraction of sp³-hybridized carbons (Fsp3) is 0.355. The molecule has 36 heavy (non-hydrogen) atoms. The molecule has 0 amide bonds. The topological polar surface area (TPSA) is 64.8 Å². The molecule has 0 atom stereocenters. The Hall–Kier alpha value is -3.60. The molecule has 0 radical (unpaired) electrons. The molecule has 180 valence electrons. The van der Waals surface area contributed by atoms with E-state index < -0.39 is 0 Å². The lowest BCUT2D eigenvalue weighted by molar-refractivity contribution is -0.233. The van der Waals surface area contributed by atoms with Crippen molar-refractivity contribution in [2.24, 2.45) is 16.2 Å². The molecule has 0 unspecified atom stereocenters. The summed E-state index contributed by atoms with van der Waals surface area (Å²) in [7, 11) is 0. The van der Waals surface area contributed by atoms with Crippen LogP contribution in [0.5, 0.6) is 0 Å². The van der Waals surface area contributed by atoms with Crippen molar-refractivity contribution in [1.29, 1.82) is 0 Å². The number of hydrogen-bond donors (Lipinski definition) is 0. The van der Waals surface area contributed by atoms with Gasteiger partial charge in [0, 0.05) is 58.7 Å². The third-order valence-corrected chi connectivity index (χ3v) is 9.50. The van der Waals surface area contributed by atoms with E-state index in [0.717, 1.165) is 65.4 Å². The second-order valence-corrected chi connectivity index (χ2v) is 11.5. The van der Waals surface area contributed by atoms with Crippen molar-refractivity contribution >= 4 is 22.5 Å². The van der Waals surface area contributed by atoms with Crippen molar-refractivity contribution in [3.63, 3.8) is 0 Å². The smallest absolute Gasteiger partial charge is 0.165 e. The Morgan fingerprint density at radius 3 is 2.42 bits per heavy atom. The molecule has 0 saturated heterocycles. The molecule has 4 aliphatic rings. The summed E-state index contributed by atoms with van der Waals surface area (Å²) in [5.74, 6) is 0.579. The second kappa shape index (κ2) is 7.45. The molecule has 0 N–H and O–H groups in total. The minimum absolute atomic E-state index is 0.0487. The lowest BCUT2D eigenvalue weighted by Crippen LogP contribution is -2.68. The molecular formula is C31H29N3O2. The van der Waals surface area contributed by atoms with E-state index in [1.807, 2.05) is 42.7 Å². The number of carbonyl (C=O) groups is 2. The monoisotopic (exact) mass is 475 g/mol. The molecule has 5 nitrogen and oxygen atoms in total. The summed E-state index contributed by atoms with van der Waals surface area (Å²) in [6, 6.07) is 16.2. The maximum Gasteiger partial charge on any atom is 0.165 e. The molecule has 8 rings (SSSR count). The molecule has 1 aromatic carbocycles. The Bertz CT molecular complexity index is 1490. The SMILES string of the molecule is CC(=O)C12CC(C3(CC(=O)c4cccc5ccn(Cc6ccc(-c7cccnc7)cn6)c45)CC3)(C1)C2. The summed E-state index contributed by atoms with van der Waals surface area (Å²) >= 11 is 0. The van der Waals surface area contributed by atoms with Crippen LogP contribution in [-0.2, 0) is 11.3 Å². The number of pyridine rings is 2. The van der Waals surface area contributed by atoms with Crippen molar-refractivity contribution in [2.75, 3.05) is 0 Å². The zero-order valence-electron chi connectivity index (χ0n) is 20.5. The van der Waals surface area contributed by atoms with E-state index in [0.29, 0.717) is 18.7 Å². The second-order valence-electron chi connectivity index (χ2n) is 11.5. The first-order valence-corrected chi connectivity index (χ1v) is 12.9. The zero-order chi connectivity index (χ0) is 24.5. The number of carbonyl (C=O) groups excluding carboxylic acids is 2. The fourth-order valence-electron chi connectivity index (χ4n) is 7.19. The standard InChI is InChI=1S/C31H29N3O2/c1-21(35)29-18-31(19-29,20-29)30(10-11-30)14-27(36)26-6-2-4-22-9-13-34(28(22)26)17-25-8-7-24(16-33-25)23-5-3-12-32-15-23/h2-9,12-13,15-16H,10-11,14,17-20H2,1H3. The molecule has 4 fully saturated rings. The van der Waals surface area contributed by atoms with Crippen LogP contribution < -0.4 is 0 Å². The van der Waals surface area contributed by atoms with E-state index in [1.165, 1.54) is 0 Å². The number of rotatable bonds is 8. The summed E-state index contributed by atoms with van der Waals surface area (Å²) in [5.41, 5.74) is 5.14. The highest BCUT2D eigenvalue weighted by Gasteiger charge is 2.79. The average molecular weight is 476 g/mol. The Kier molecular flexibility index (Phi) is 4.48. The third kappa shape index (κ3) is 3.08. The first kappa shape index (κ1) is 21.7. The minimum Gasteiger partial charge on any atom is -0.341 e. The van der Waals surface area contributed by atoms with E-state index in [1.54, 1.807) is 13.1 Å². The zero-order valence-corrected chi connectivity index (χ0v) is 20.5. The third-order valence-electron chi connectivity index (χ3n) is 9.50. The summed E-state index contributed by atoms with van der Waals surface area (Å²) in [4.78, 5) is 34.7. The van der Waals surface area contributed by atoms with Crippen molar-refractivity contribution in [3.05, 3.63) is 84.6 Å². The normalized spacial score (nSPS) is 25.1. The van der Waals surface area contributed by atoms with Crippen molar-refractivity contribution in [1.82, 2.24) is 14.5 Å². The van der Waals surface area contributed by atoms with Gasteiger partial charge < -0.3 is 4.57 Å². The lowest BCUT2D eigenvalue weighted by atomic mass is 9.30. The first-order valence-electron chi connectivity index (χ1n) is 12.9. The minimum atomic E-state index is -0.0487. The van der Waals surface area contributed by atoms with Crippen molar-refractivity contribution in [3.8, 4) is 11.1 Å². The van der Waals surface area contributed by atoms with Gasteiger partial charge in [0.25, 0.3) is 0 Å². The van der Waals surface area contributed by atoms with Gasteiger partial charge in [-0.2, -0.15) is 0 Å². The number of Topliss-reactive ketones (excluding diaryl/α,β-unsaturated/α-hetero) is 2. The molecule has 4 saturated carbocycles. The maximum absolute atomic E-state index is 13.7. The van der Waals surface area contributed by atoms with Crippen LogP contribution in [-0.4, -0.2) is 26.1 Å². The van der Waals surface area contributed by atoms with Crippen LogP contribution in [0.2, 0.25) is 0 Å². The molecular weight excluding hydrogens is 446 g/mol. The van der Waals surface area contributed by atoms with Crippen molar-refractivity contribution < 1.29 is 9.59 Å². The highest BCUT2D eigenvalue weighted by Crippen LogP contribution is 2.85. The van der Waals surface area contributed by atoms with Crippen LogP contribution in [0.3, 0.4) is 0 Å². The van der Waals surface area contributed by atoms with Gasteiger partial charge in [-0.1, -0.05) is 24.3 Å². The number of ketones is 2. The van der Waals surface area contributed by atoms with Crippen LogP contribution >= 0.6 is 0 Å². The molecule has 3 aromatic heterocycles. The Morgan fingerprint density at radius 1 is 0.944 bits per heavy atom. The molecule has 0 aliphatic heterocycles. The molecule has 0 spiro atoms. The van der Waals surface area contributed by atoms with Crippen LogP contribution in [0.15, 0.2) is 73.3 Å². The number of fused-ring (bicyclic) bond motifs is 1. The summed E-state index contributed by atoms with van der Waals surface area (Å²) in [5, 5.41) is 1.08. The van der Waals surface area contributed by atoms with Crippen LogP contribution in [0, 0.1) is 16.2 Å². The number of para-hydroxylation sites is 1. The molecule has 4 aromatic rings. The van der Waals surface area contributed by atoms with E-state index in [9.17, 15) is 9.59 Å². The van der Waals surface area contributed by atoms with E-state index >= 15 is 0 Å². The van der Waals surface area contributed by atoms with Gasteiger partial charge in [-0.25, -0.2) is 0 Å². The predicted molar refractivity (Wildman–Crippen MR) is 139 cm³/mol. The molecule has 5 heteroatoms. The van der Waals surface area contributed by atoms with Crippen molar-refractivity contribution in [2.45, 2.75) is 52.0 Å². The number of nitrogens with zero attached hydrogens (tertiary/aromatic N) is 3. The Morgan fingerprint density at radius 2 is 1.75 bits per heavy atom. The Balaban J connectivity index is 1.13. The summed E-state index contributed by atoms with van der Waals surface area (Å²) in [6.07, 6.45) is 13.4. The number of hydrogen-bond acceptors (Lipinski definition) is 4. The highest BCUT2D eigenvalue weighted by molar-refractivity contribution is 6.07. The average Bonchev–Trinajstić information content (AvgIpc) is 3.48. The maximum atomic E-state index is 13.7. The highest BCUT2D eigenvalue weighted by atomic mass is 16.1. The summed E-state index contributed by atoms with van der Waals surface area (Å²) in [6.45, 7) is 2.35. The van der Waals surface area contributed by atoms with Gasteiger partial charge >= 0.3 is 0 Å². The largest absolute Gasteiger partial charge is 0.341 e. The fourth-order valence-corrected chi connectivity index (χ4v) is 7.19. The van der Waals surface area contributed by atoms with Gasteiger partial charge in [0.15, 0.2) is 5.78 Å². The number of aromatic nitrogens is 3. The molecule has 3 heterocycles. The summed E-state index contributed by atoms with van der Waals surface area (Å²) < 4.78 is 2.15. The quantitative estimate of drug-likeness (QED) is 0.282. The van der Waals surface area contributed by atoms with Gasteiger partial charge in [0.2, 0.25) is 0 Å².